The lowest BCUT2D eigenvalue weighted by molar-refractivity contribution is -0.137. The predicted molar refractivity (Wildman–Crippen MR) is 148 cm³/mol. The number of amides is 2. The number of ether oxygens (including phenoxy) is 1. The maximum absolute atomic E-state index is 14.8. The molecule has 0 aromatic heterocycles. The number of carbonyl (C=O) groups excluding carboxylic acids is 3. The van der Waals surface area contributed by atoms with Gasteiger partial charge in [-0.2, -0.15) is 0 Å². The fourth-order valence-corrected chi connectivity index (χ4v) is 7.83. The first kappa shape index (κ1) is 24.1. The molecule has 4 aliphatic heterocycles. The van der Waals surface area contributed by atoms with Crippen molar-refractivity contribution in [2.24, 2.45) is 5.92 Å². The van der Waals surface area contributed by atoms with Gasteiger partial charge < -0.3 is 15.4 Å². The normalized spacial score (nSPS) is 28.4. The van der Waals surface area contributed by atoms with Crippen LogP contribution >= 0.6 is 0 Å². The first-order chi connectivity index (χ1) is 18.9. The Hall–Kier alpha value is -3.97. The minimum absolute atomic E-state index is 0.133. The second-order valence-electron chi connectivity index (χ2n) is 11.1. The van der Waals surface area contributed by atoms with Crippen LogP contribution in [0.1, 0.15) is 53.2 Å². The largest absolute Gasteiger partial charge is 0.494 e. The van der Waals surface area contributed by atoms with E-state index in [9.17, 15) is 14.4 Å². The van der Waals surface area contributed by atoms with Crippen molar-refractivity contribution in [3.63, 3.8) is 0 Å². The molecule has 0 saturated carbocycles. The summed E-state index contributed by atoms with van der Waals surface area (Å²) in [6.07, 6.45) is 2.44. The molecule has 2 fully saturated rings. The van der Waals surface area contributed by atoms with Gasteiger partial charge in [-0.1, -0.05) is 55.0 Å². The van der Waals surface area contributed by atoms with Crippen molar-refractivity contribution in [2.75, 3.05) is 23.8 Å². The van der Waals surface area contributed by atoms with Crippen LogP contribution in [0, 0.1) is 12.8 Å². The number of carbonyl (C=O) groups is 3. The van der Waals surface area contributed by atoms with Gasteiger partial charge in [0.15, 0.2) is 5.78 Å². The SMILES string of the molecule is CCCOc1cccc(C(=O)[C@@H]2[C@@H]3CCCN3[C@]3(C(=O)Nc4ccc(C)cc43)[C@@]23C(=O)Nc2ccccc23)c1. The number of benzene rings is 3. The summed E-state index contributed by atoms with van der Waals surface area (Å²) in [5.41, 5.74) is 1.57. The van der Waals surface area contributed by atoms with Gasteiger partial charge in [0.25, 0.3) is 5.91 Å². The zero-order valence-electron chi connectivity index (χ0n) is 22.1. The van der Waals surface area contributed by atoms with Crippen molar-refractivity contribution in [3.8, 4) is 5.75 Å². The highest BCUT2D eigenvalue weighted by molar-refractivity contribution is 6.21. The van der Waals surface area contributed by atoms with Crippen molar-refractivity contribution in [2.45, 2.75) is 50.1 Å². The minimum Gasteiger partial charge on any atom is -0.494 e. The van der Waals surface area contributed by atoms with E-state index in [1.54, 1.807) is 12.1 Å². The van der Waals surface area contributed by atoms with Gasteiger partial charge in [-0.3, -0.25) is 19.3 Å². The van der Waals surface area contributed by atoms with E-state index >= 15 is 0 Å². The number of hydrogen-bond acceptors (Lipinski definition) is 5. The maximum atomic E-state index is 14.8. The van der Waals surface area contributed by atoms with Crippen LogP contribution in [0.5, 0.6) is 5.75 Å². The molecule has 4 heterocycles. The first-order valence-corrected chi connectivity index (χ1v) is 13.8. The smallest absolute Gasteiger partial charge is 0.251 e. The number of aryl methyl sites for hydroxylation is 1. The van der Waals surface area contributed by atoms with E-state index in [2.05, 4.69) is 15.5 Å². The Morgan fingerprint density at radius 3 is 2.62 bits per heavy atom. The monoisotopic (exact) mass is 521 g/mol. The van der Waals surface area contributed by atoms with E-state index in [1.165, 1.54) is 0 Å². The Balaban J connectivity index is 1.52. The molecule has 3 aromatic rings. The van der Waals surface area contributed by atoms with Crippen LogP contribution in [0.2, 0.25) is 0 Å². The third-order valence-electron chi connectivity index (χ3n) is 9.13. The third kappa shape index (κ3) is 2.94. The van der Waals surface area contributed by atoms with Crippen LogP contribution in [0.15, 0.2) is 66.7 Å². The fraction of sp³-hybridized carbons (Fsp3) is 0.344. The molecule has 0 unspecified atom stereocenters. The molecule has 0 radical (unpaired) electrons. The average molecular weight is 522 g/mol. The highest BCUT2D eigenvalue weighted by Crippen LogP contribution is 2.67. The highest BCUT2D eigenvalue weighted by atomic mass is 16.5. The van der Waals surface area contributed by atoms with Gasteiger partial charge in [0.1, 0.15) is 16.7 Å². The van der Waals surface area contributed by atoms with Crippen molar-refractivity contribution in [1.82, 2.24) is 4.90 Å². The van der Waals surface area contributed by atoms with Crippen molar-refractivity contribution in [1.29, 1.82) is 0 Å². The van der Waals surface area contributed by atoms with E-state index in [0.717, 1.165) is 30.4 Å². The molecule has 7 heteroatoms. The lowest BCUT2D eigenvalue weighted by Gasteiger charge is -2.43. The second-order valence-corrected chi connectivity index (χ2v) is 11.1. The van der Waals surface area contributed by atoms with Crippen LogP contribution in [0.25, 0.3) is 0 Å². The maximum Gasteiger partial charge on any atom is 0.251 e. The van der Waals surface area contributed by atoms with E-state index in [1.807, 2.05) is 68.4 Å². The zero-order chi connectivity index (χ0) is 26.9. The van der Waals surface area contributed by atoms with Crippen LogP contribution in [0.4, 0.5) is 11.4 Å². The van der Waals surface area contributed by atoms with Gasteiger partial charge in [0.2, 0.25) is 5.91 Å². The van der Waals surface area contributed by atoms with Gasteiger partial charge in [-0.15, -0.1) is 0 Å². The number of hydrogen-bond donors (Lipinski definition) is 2. The molecular formula is C32H31N3O4. The Labute approximate surface area is 227 Å². The Kier molecular flexibility index (Phi) is 5.26. The number of rotatable bonds is 5. The molecule has 2 amide bonds. The quantitative estimate of drug-likeness (QED) is 0.471. The summed E-state index contributed by atoms with van der Waals surface area (Å²) >= 11 is 0. The first-order valence-electron chi connectivity index (χ1n) is 13.8. The van der Waals surface area contributed by atoms with E-state index in [-0.39, 0.29) is 23.6 Å². The number of para-hydroxylation sites is 1. The number of anilines is 2. The number of nitrogens with one attached hydrogen (secondary N) is 2. The summed E-state index contributed by atoms with van der Waals surface area (Å²) in [5, 5.41) is 6.20. The molecule has 39 heavy (non-hydrogen) atoms. The predicted octanol–water partition coefficient (Wildman–Crippen LogP) is 4.80. The molecule has 2 N–H and O–H groups in total. The molecule has 4 aliphatic rings. The zero-order valence-corrected chi connectivity index (χ0v) is 22.1. The minimum atomic E-state index is -1.44. The summed E-state index contributed by atoms with van der Waals surface area (Å²) < 4.78 is 5.85. The van der Waals surface area contributed by atoms with Crippen molar-refractivity contribution < 1.29 is 19.1 Å². The van der Waals surface area contributed by atoms with Gasteiger partial charge in [0, 0.05) is 28.5 Å². The molecule has 7 nitrogen and oxygen atoms in total. The van der Waals surface area contributed by atoms with Gasteiger partial charge in [-0.05, 0) is 62.6 Å². The summed E-state index contributed by atoms with van der Waals surface area (Å²) in [6, 6.07) is 20.4. The average Bonchev–Trinajstić information content (AvgIpc) is 3.66. The van der Waals surface area contributed by atoms with Gasteiger partial charge in [-0.25, -0.2) is 0 Å². The van der Waals surface area contributed by atoms with Crippen molar-refractivity contribution in [3.05, 3.63) is 89.0 Å². The summed E-state index contributed by atoms with van der Waals surface area (Å²) in [7, 11) is 0. The molecular weight excluding hydrogens is 490 g/mol. The Morgan fingerprint density at radius 2 is 1.77 bits per heavy atom. The summed E-state index contributed by atoms with van der Waals surface area (Å²) in [6.45, 7) is 5.21. The molecule has 2 spiro atoms. The van der Waals surface area contributed by atoms with Gasteiger partial charge >= 0.3 is 0 Å². The molecule has 0 bridgehead atoms. The molecule has 4 atom stereocenters. The standard InChI is InChI=1S/C32H31N3O4/c1-3-16-39-21-9-6-8-20(18-21)28(36)27-26-12-7-15-35(26)32(23-17-19(2)13-14-25(23)34-30(32)38)31(27)22-10-4-5-11-24(22)33-29(31)37/h4-6,8-11,13-14,17-18,26-27H,3,7,12,15-16H2,1-2H3,(H,33,37)(H,34,38)/t26-,27-,31+,32+/m0/s1. The molecule has 0 aliphatic carbocycles. The van der Waals surface area contributed by atoms with Crippen molar-refractivity contribution >= 4 is 29.0 Å². The Morgan fingerprint density at radius 1 is 0.974 bits per heavy atom. The third-order valence-corrected chi connectivity index (χ3v) is 9.13. The van der Waals surface area contributed by atoms with Crippen LogP contribution < -0.4 is 15.4 Å². The molecule has 7 rings (SSSR count). The molecule has 3 aromatic carbocycles. The van der Waals surface area contributed by atoms with Crippen LogP contribution in [-0.2, 0) is 20.5 Å². The summed E-state index contributed by atoms with van der Waals surface area (Å²) in [4.78, 5) is 45.9. The second kappa shape index (κ2) is 8.52. The number of ketones is 1. The van der Waals surface area contributed by atoms with E-state index in [4.69, 9.17) is 4.74 Å². The summed E-state index contributed by atoms with van der Waals surface area (Å²) in [5.74, 6) is -0.797. The molecule has 198 valence electrons. The molecule has 2 saturated heterocycles. The number of fused-ring (bicyclic) bond motifs is 7. The number of Topliss-reactive ketones (excluding diaryl/α,β-unsaturated/α-hetero) is 1. The number of nitrogens with zero attached hydrogens (tertiary/aromatic N) is 1. The van der Waals surface area contributed by atoms with E-state index < -0.39 is 16.9 Å². The topological polar surface area (TPSA) is 87.7 Å². The van der Waals surface area contributed by atoms with Crippen LogP contribution in [-0.4, -0.2) is 41.7 Å². The fourth-order valence-electron chi connectivity index (χ4n) is 7.83. The highest BCUT2D eigenvalue weighted by Gasteiger charge is 2.81. The van der Waals surface area contributed by atoms with Crippen LogP contribution in [0.3, 0.4) is 0 Å². The lowest BCUT2D eigenvalue weighted by atomic mass is 9.57. The van der Waals surface area contributed by atoms with E-state index in [0.29, 0.717) is 41.4 Å². The van der Waals surface area contributed by atoms with Gasteiger partial charge in [0.05, 0.1) is 12.5 Å². The lowest BCUT2D eigenvalue weighted by Crippen LogP contribution is -2.62. The Bertz CT molecular complexity index is 1550.